The van der Waals surface area contributed by atoms with E-state index in [0.29, 0.717) is 24.2 Å². The van der Waals surface area contributed by atoms with Gasteiger partial charge in [0, 0.05) is 11.4 Å². The summed E-state index contributed by atoms with van der Waals surface area (Å²) in [5, 5.41) is 9.70. The molecule has 0 aromatic carbocycles. The standard InChI is InChI=1S/2C17H29N2.Mn/c2*1-14(18-16-9-5-3-6-10-16)13-15(2)19-17-11-7-4-8-12-17;/h2*13,16-17H,3-12H2,1-2H3;/q2*-1;+2/b2*14-13-,19-15?;. The van der Waals surface area contributed by atoms with Gasteiger partial charge in [-0.2, -0.15) is 11.4 Å². The molecular weight excluding hydrogens is 519 g/mol. The van der Waals surface area contributed by atoms with Crippen molar-refractivity contribution in [1.82, 2.24) is 0 Å². The Morgan fingerprint density at radius 2 is 0.744 bits per heavy atom. The number of nitrogens with zero attached hydrogens (tertiary/aromatic N) is 4. The van der Waals surface area contributed by atoms with E-state index in [0.717, 1.165) is 0 Å². The van der Waals surface area contributed by atoms with Crippen LogP contribution >= 0.6 is 0 Å². The van der Waals surface area contributed by atoms with Crippen LogP contribution in [0.1, 0.15) is 156 Å². The molecule has 4 saturated carbocycles. The predicted molar refractivity (Wildman–Crippen MR) is 168 cm³/mol. The first-order chi connectivity index (χ1) is 18.5. The van der Waals surface area contributed by atoms with Gasteiger partial charge in [-0.1, -0.05) is 129 Å². The average molecular weight is 578 g/mol. The molecule has 4 rings (SSSR count). The van der Waals surface area contributed by atoms with Crippen LogP contribution < -0.4 is 0 Å². The molecule has 0 aromatic rings. The average Bonchev–Trinajstić information content (AvgIpc) is 2.91. The predicted octanol–water partition coefficient (Wildman–Crippen LogP) is 10.8. The van der Waals surface area contributed by atoms with E-state index in [4.69, 9.17) is 20.6 Å². The van der Waals surface area contributed by atoms with E-state index < -0.39 is 0 Å². The maximum Gasteiger partial charge on any atom is 2.00 e. The van der Waals surface area contributed by atoms with Crippen molar-refractivity contribution in [1.29, 1.82) is 0 Å². The minimum Gasteiger partial charge on any atom is -0.685 e. The zero-order valence-corrected chi connectivity index (χ0v) is 27.0. The van der Waals surface area contributed by atoms with Crippen LogP contribution in [-0.2, 0) is 17.1 Å². The molecule has 0 spiro atoms. The van der Waals surface area contributed by atoms with Gasteiger partial charge < -0.3 is 10.6 Å². The monoisotopic (exact) mass is 577 g/mol. The fourth-order valence-corrected chi connectivity index (χ4v) is 6.75. The Bertz CT molecular complexity index is 709. The van der Waals surface area contributed by atoms with Gasteiger partial charge in [-0.25, -0.2) is 0 Å². The molecule has 0 saturated heterocycles. The van der Waals surface area contributed by atoms with E-state index in [1.807, 2.05) is 0 Å². The Hall–Kier alpha value is -1.06. The normalized spacial score (nSPS) is 23.9. The van der Waals surface area contributed by atoms with E-state index >= 15 is 0 Å². The smallest absolute Gasteiger partial charge is 0.685 e. The largest absolute Gasteiger partial charge is 2.00 e. The maximum absolute atomic E-state index is 4.85. The molecule has 0 bridgehead atoms. The molecule has 221 valence electrons. The van der Waals surface area contributed by atoms with Gasteiger partial charge in [0.15, 0.2) is 0 Å². The summed E-state index contributed by atoms with van der Waals surface area (Å²) in [4.78, 5) is 9.70. The van der Waals surface area contributed by atoms with E-state index in [1.54, 1.807) is 0 Å². The van der Waals surface area contributed by atoms with E-state index in [1.165, 1.54) is 151 Å². The van der Waals surface area contributed by atoms with Crippen LogP contribution in [0.4, 0.5) is 0 Å². The van der Waals surface area contributed by atoms with Crippen LogP contribution in [0.2, 0.25) is 0 Å². The molecule has 4 aliphatic rings. The zero-order valence-electron chi connectivity index (χ0n) is 25.8. The first-order valence-corrected chi connectivity index (χ1v) is 16.3. The van der Waals surface area contributed by atoms with E-state index in [9.17, 15) is 0 Å². The topological polar surface area (TPSA) is 52.9 Å². The van der Waals surface area contributed by atoms with Crippen LogP contribution in [-0.4, -0.2) is 35.6 Å². The molecule has 0 aliphatic heterocycles. The molecular formula is C34H58MnN4. The van der Waals surface area contributed by atoms with Gasteiger partial charge in [0.05, 0.1) is 12.1 Å². The summed E-state index contributed by atoms with van der Waals surface area (Å²) >= 11 is 0. The molecule has 5 heteroatoms. The van der Waals surface area contributed by atoms with Gasteiger partial charge in [0.1, 0.15) is 0 Å². The second kappa shape index (κ2) is 19.9. The number of hydrogen-bond acceptors (Lipinski definition) is 2. The number of aliphatic imine (C=N–C) groups is 2. The van der Waals surface area contributed by atoms with Crippen molar-refractivity contribution in [2.45, 2.75) is 180 Å². The third-order valence-corrected chi connectivity index (χ3v) is 8.68. The molecule has 4 nitrogen and oxygen atoms in total. The second-order valence-electron chi connectivity index (χ2n) is 12.5. The van der Waals surface area contributed by atoms with Crippen LogP contribution in [0.25, 0.3) is 10.6 Å². The van der Waals surface area contributed by atoms with Crippen molar-refractivity contribution in [3.05, 3.63) is 34.2 Å². The minimum atomic E-state index is 0. The van der Waals surface area contributed by atoms with Gasteiger partial charge >= 0.3 is 17.1 Å². The number of rotatable bonds is 8. The van der Waals surface area contributed by atoms with E-state index in [2.05, 4.69) is 39.8 Å². The molecule has 0 aromatic heterocycles. The van der Waals surface area contributed by atoms with Crippen molar-refractivity contribution in [2.75, 3.05) is 0 Å². The van der Waals surface area contributed by atoms with Gasteiger partial charge in [-0.05, 0) is 39.5 Å². The maximum atomic E-state index is 4.85. The number of hydrogen-bond donors (Lipinski definition) is 0. The number of allylic oxidation sites excluding steroid dienone is 4. The van der Waals surface area contributed by atoms with Crippen LogP contribution in [0, 0.1) is 0 Å². The Kier molecular flexibility index (Phi) is 17.4. The van der Waals surface area contributed by atoms with E-state index in [-0.39, 0.29) is 17.1 Å². The van der Waals surface area contributed by atoms with Gasteiger partial charge in [0.2, 0.25) is 0 Å². The molecule has 1 radical (unpaired) electrons. The fourth-order valence-electron chi connectivity index (χ4n) is 6.75. The first kappa shape index (κ1) is 34.1. The van der Waals surface area contributed by atoms with Crippen molar-refractivity contribution in [3.63, 3.8) is 0 Å². The summed E-state index contributed by atoms with van der Waals surface area (Å²) in [6.07, 6.45) is 31.1. The third kappa shape index (κ3) is 14.9. The molecule has 0 N–H and O–H groups in total. The van der Waals surface area contributed by atoms with Crippen LogP contribution in [0.15, 0.2) is 33.5 Å². The Morgan fingerprint density at radius 1 is 0.462 bits per heavy atom. The van der Waals surface area contributed by atoms with Crippen molar-refractivity contribution in [3.8, 4) is 0 Å². The second-order valence-corrected chi connectivity index (χ2v) is 12.5. The quantitative estimate of drug-likeness (QED) is 0.204. The summed E-state index contributed by atoms with van der Waals surface area (Å²) in [5.74, 6) is 0. The van der Waals surface area contributed by atoms with Gasteiger partial charge in [-0.3, -0.25) is 9.98 Å². The fraction of sp³-hybridized carbons (Fsp3) is 0.824. The molecule has 0 amide bonds. The Labute approximate surface area is 252 Å². The Balaban J connectivity index is 0.000000267. The van der Waals surface area contributed by atoms with Crippen LogP contribution in [0.5, 0.6) is 0 Å². The van der Waals surface area contributed by atoms with Crippen molar-refractivity contribution < 1.29 is 17.1 Å². The molecule has 4 aliphatic carbocycles. The third-order valence-electron chi connectivity index (χ3n) is 8.68. The summed E-state index contributed by atoms with van der Waals surface area (Å²) < 4.78 is 0. The molecule has 4 fully saturated rings. The SMILES string of the molecule is CC(/C=C(/C)[N-]C1CCCCC1)=NC1CCCCC1.CC(/C=C(/C)[N-]C1CCCCC1)=NC1CCCCC1.[Mn+2]. The van der Waals surface area contributed by atoms with Crippen LogP contribution in [0.3, 0.4) is 0 Å². The molecule has 0 atom stereocenters. The van der Waals surface area contributed by atoms with Gasteiger partial charge in [-0.15, -0.1) is 12.1 Å². The molecule has 39 heavy (non-hydrogen) atoms. The summed E-state index contributed by atoms with van der Waals surface area (Å²) in [5.41, 5.74) is 4.68. The summed E-state index contributed by atoms with van der Waals surface area (Å²) in [6.45, 7) is 8.53. The summed E-state index contributed by atoms with van der Waals surface area (Å²) in [7, 11) is 0. The first-order valence-electron chi connectivity index (χ1n) is 16.3. The molecule has 0 unspecified atom stereocenters. The minimum absolute atomic E-state index is 0. The van der Waals surface area contributed by atoms with Crippen molar-refractivity contribution >= 4 is 11.4 Å². The van der Waals surface area contributed by atoms with Crippen molar-refractivity contribution in [2.24, 2.45) is 9.98 Å². The van der Waals surface area contributed by atoms with Gasteiger partial charge in [0.25, 0.3) is 0 Å². The Morgan fingerprint density at radius 3 is 1.05 bits per heavy atom. The summed E-state index contributed by atoms with van der Waals surface area (Å²) in [6, 6.07) is 2.31. The molecule has 0 heterocycles. The zero-order chi connectivity index (χ0) is 27.0.